The number of ether oxygens (including phenoxy) is 1. The van der Waals surface area contributed by atoms with E-state index in [0.717, 1.165) is 5.56 Å². The van der Waals surface area contributed by atoms with Gasteiger partial charge in [0.05, 0.1) is 13.8 Å². The molecule has 0 amide bonds. The zero-order valence-electron chi connectivity index (χ0n) is 9.28. The van der Waals surface area contributed by atoms with Crippen molar-refractivity contribution in [1.82, 2.24) is 5.32 Å². The smallest absolute Gasteiger partial charge is 0.327 e. The minimum absolute atomic E-state index is 0.356. The number of hydrogen-bond acceptors (Lipinski definition) is 3. The van der Waals surface area contributed by atoms with Crippen LogP contribution in [0.2, 0.25) is 0 Å². The lowest BCUT2D eigenvalue weighted by Crippen LogP contribution is -2.30. The second kappa shape index (κ2) is 6.95. The highest BCUT2D eigenvalue weighted by Crippen LogP contribution is 2.13. The first-order chi connectivity index (χ1) is 7.79. The van der Waals surface area contributed by atoms with Crippen LogP contribution in [0.5, 0.6) is 0 Å². The van der Waals surface area contributed by atoms with Gasteiger partial charge in [-0.15, -0.1) is 0 Å². The minimum Gasteiger partial charge on any atom is -0.468 e. The molecule has 0 fully saturated rings. The number of rotatable bonds is 6. The van der Waals surface area contributed by atoms with E-state index in [1.54, 1.807) is 0 Å². The highest BCUT2D eigenvalue weighted by molar-refractivity contribution is 5.77. The number of esters is 1. The largest absolute Gasteiger partial charge is 0.468 e. The fourth-order valence-corrected chi connectivity index (χ4v) is 1.41. The summed E-state index contributed by atoms with van der Waals surface area (Å²) in [5.41, 5.74) is 0.827. The molecule has 1 rings (SSSR count). The van der Waals surface area contributed by atoms with Crippen LogP contribution in [0.1, 0.15) is 18.0 Å². The topological polar surface area (TPSA) is 38.3 Å². The fourth-order valence-electron chi connectivity index (χ4n) is 1.41. The Labute approximate surface area is 94.6 Å². The Balaban J connectivity index is 2.68. The van der Waals surface area contributed by atoms with E-state index in [1.165, 1.54) is 7.11 Å². The van der Waals surface area contributed by atoms with E-state index in [1.807, 2.05) is 30.3 Å². The maximum absolute atomic E-state index is 12.0. The Bertz CT molecular complexity index is 316. The van der Waals surface area contributed by atoms with Gasteiger partial charge >= 0.3 is 5.97 Å². The molecule has 16 heavy (non-hydrogen) atoms. The van der Waals surface area contributed by atoms with Crippen molar-refractivity contribution in [2.24, 2.45) is 0 Å². The predicted octanol–water partition coefficient (Wildman–Crippen LogP) is 1.85. The van der Waals surface area contributed by atoms with Gasteiger partial charge in [-0.25, -0.2) is 4.79 Å². The lowest BCUT2D eigenvalue weighted by atomic mass is 10.1. The second-order valence-electron chi connectivity index (χ2n) is 3.36. The summed E-state index contributed by atoms with van der Waals surface area (Å²) in [6.45, 7) is 0.0564. The SMILES string of the molecule is COC(=O)C(NCCCF)c1ccccc1. The van der Waals surface area contributed by atoms with Crippen LogP contribution in [0.3, 0.4) is 0 Å². The van der Waals surface area contributed by atoms with Crippen LogP contribution in [-0.2, 0) is 9.53 Å². The summed E-state index contributed by atoms with van der Waals surface area (Å²) in [5, 5.41) is 2.97. The highest BCUT2D eigenvalue weighted by Gasteiger charge is 2.19. The summed E-state index contributed by atoms with van der Waals surface area (Å²) in [5.74, 6) is -0.356. The molecule has 0 aliphatic rings. The van der Waals surface area contributed by atoms with Gasteiger partial charge in [-0.1, -0.05) is 30.3 Å². The van der Waals surface area contributed by atoms with Crippen LogP contribution >= 0.6 is 0 Å². The third kappa shape index (κ3) is 3.62. The zero-order chi connectivity index (χ0) is 11.8. The molecule has 0 spiro atoms. The van der Waals surface area contributed by atoms with E-state index in [-0.39, 0.29) is 5.97 Å². The second-order valence-corrected chi connectivity index (χ2v) is 3.36. The van der Waals surface area contributed by atoms with E-state index in [9.17, 15) is 9.18 Å². The molecule has 1 N–H and O–H groups in total. The first-order valence-electron chi connectivity index (χ1n) is 5.21. The Morgan fingerprint density at radius 2 is 2.12 bits per heavy atom. The Morgan fingerprint density at radius 3 is 2.69 bits per heavy atom. The standard InChI is InChI=1S/C12H16FNO2/c1-16-12(15)11(14-9-5-8-13)10-6-3-2-4-7-10/h2-4,6-7,11,14H,5,8-9H2,1H3. The van der Waals surface area contributed by atoms with Crippen LogP contribution in [0, 0.1) is 0 Å². The molecule has 0 radical (unpaired) electrons. The van der Waals surface area contributed by atoms with Crippen LogP contribution in [0.15, 0.2) is 30.3 Å². The van der Waals surface area contributed by atoms with Gasteiger partial charge in [0.25, 0.3) is 0 Å². The number of nitrogens with one attached hydrogen (secondary N) is 1. The Morgan fingerprint density at radius 1 is 1.44 bits per heavy atom. The molecular weight excluding hydrogens is 209 g/mol. The molecule has 1 unspecified atom stereocenters. The van der Waals surface area contributed by atoms with Crippen LogP contribution in [0.25, 0.3) is 0 Å². The number of halogens is 1. The van der Waals surface area contributed by atoms with Crippen LogP contribution in [0.4, 0.5) is 4.39 Å². The highest BCUT2D eigenvalue weighted by atomic mass is 19.1. The zero-order valence-corrected chi connectivity index (χ0v) is 9.28. The lowest BCUT2D eigenvalue weighted by molar-refractivity contribution is -0.143. The van der Waals surface area contributed by atoms with Crippen molar-refractivity contribution in [3.63, 3.8) is 0 Å². The van der Waals surface area contributed by atoms with Gasteiger partial charge in [-0.05, 0) is 18.5 Å². The molecule has 0 aliphatic heterocycles. The molecule has 88 valence electrons. The summed E-state index contributed by atoms with van der Waals surface area (Å²) in [7, 11) is 1.34. The molecule has 0 aliphatic carbocycles. The summed E-state index contributed by atoms with van der Waals surface area (Å²) in [4.78, 5) is 11.5. The van der Waals surface area contributed by atoms with Crippen molar-refractivity contribution in [2.75, 3.05) is 20.3 Å². The molecule has 0 saturated carbocycles. The molecule has 3 nitrogen and oxygen atoms in total. The van der Waals surface area contributed by atoms with Gasteiger partial charge in [0, 0.05) is 0 Å². The maximum atomic E-state index is 12.0. The summed E-state index contributed by atoms with van der Waals surface area (Å²) in [6.07, 6.45) is 0.389. The lowest BCUT2D eigenvalue weighted by Gasteiger charge is -2.16. The number of alkyl halides is 1. The monoisotopic (exact) mass is 225 g/mol. The quantitative estimate of drug-likeness (QED) is 0.593. The first-order valence-corrected chi connectivity index (χ1v) is 5.21. The van der Waals surface area contributed by atoms with Gasteiger partial charge in [-0.3, -0.25) is 4.39 Å². The molecule has 1 aromatic rings. The number of carbonyl (C=O) groups excluding carboxylic acids is 1. The van der Waals surface area contributed by atoms with Gasteiger partial charge in [0.1, 0.15) is 6.04 Å². The van der Waals surface area contributed by atoms with Crippen molar-refractivity contribution in [1.29, 1.82) is 0 Å². The van der Waals surface area contributed by atoms with Crippen molar-refractivity contribution in [3.05, 3.63) is 35.9 Å². The Kier molecular flexibility index (Phi) is 5.50. The average molecular weight is 225 g/mol. The van der Waals surface area contributed by atoms with Crippen molar-refractivity contribution >= 4 is 5.97 Å². The predicted molar refractivity (Wildman–Crippen MR) is 59.8 cm³/mol. The molecule has 0 saturated heterocycles. The first kappa shape index (κ1) is 12.6. The maximum Gasteiger partial charge on any atom is 0.327 e. The van der Waals surface area contributed by atoms with Gasteiger partial charge < -0.3 is 10.1 Å². The van der Waals surface area contributed by atoms with Gasteiger partial charge in [-0.2, -0.15) is 0 Å². The van der Waals surface area contributed by atoms with Crippen LogP contribution in [-0.4, -0.2) is 26.3 Å². The van der Waals surface area contributed by atoms with Crippen molar-refractivity contribution in [3.8, 4) is 0 Å². The molecular formula is C12H16FNO2. The molecule has 4 heteroatoms. The molecule has 1 aromatic carbocycles. The Hall–Kier alpha value is -1.42. The molecule has 0 heterocycles. The van der Waals surface area contributed by atoms with E-state index in [2.05, 4.69) is 5.32 Å². The molecule has 1 atom stereocenters. The summed E-state index contributed by atoms with van der Waals surface area (Å²) >= 11 is 0. The number of methoxy groups -OCH3 is 1. The number of carbonyl (C=O) groups is 1. The molecule has 0 aromatic heterocycles. The summed E-state index contributed by atoms with van der Waals surface area (Å²) in [6, 6.07) is 8.73. The van der Waals surface area contributed by atoms with E-state index in [0.29, 0.717) is 13.0 Å². The number of benzene rings is 1. The van der Waals surface area contributed by atoms with E-state index in [4.69, 9.17) is 4.74 Å². The van der Waals surface area contributed by atoms with Crippen LogP contribution < -0.4 is 5.32 Å². The summed E-state index contributed by atoms with van der Waals surface area (Å²) < 4.78 is 16.7. The minimum atomic E-state index is -0.516. The third-order valence-electron chi connectivity index (χ3n) is 2.23. The van der Waals surface area contributed by atoms with Crippen molar-refractivity contribution < 1.29 is 13.9 Å². The van der Waals surface area contributed by atoms with Gasteiger partial charge in [0.15, 0.2) is 0 Å². The average Bonchev–Trinajstić information content (AvgIpc) is 2.35. The fraction of sp³-hybridized carbons (Fsp3) is 0.417. The van der Waals surface area contributed by atoms with E-state index >= 15 is 0 Å². The number of hydrogen-bond donors (Lipinski definition) is 1. The molecule has 0 bridgehead atoms. The van der Waals surface area contributed by atoms with Crippen molar-refractivity contribution in [2.45, 2.75) is 12.5 Å². The van der Waals surface area contributed by atoms with E-state index < -0.39 is 12.7 Å². The van der Waals surface area contributed by atoms with Gasteiger partial charge in [0.2, 0.25) is 0 Å². The third-order valence-corrected chi connectivity index (χ3v) is 2.23. The normalized spacial score (nSPS) is 12.1.